The van der Waals surface area contributed by atoms with E-state index in [1.165, 1.54) is 14.0 Å². The summed E-state index contributed by atoms with van der Waals surface area (Å²) in [6.45, 7) is 1.38. The fourth-order valence-electron chi connectivity index (χ4n) is 1.12. The Hall–Kier alpha value is -1.23. The van der Waals surface area contributed by atoms with Crippen LogP contribution in [0.3, 0.4) is 0 Å². The summed E-state index contributed by atoms with van der Waals surface area (Å²) in [6, 6.07) is 1.07. The predicted molar refractivity (Wildman–Crippen MR) is 50.7 cm³/mol. The van der Waals surface area contributed by atoms with Crippen LogP contribution in [0.4, 0.5) is 8.78 Å². The summed E-state index contributed by atoms with van der Waals surface area (Å²) in [5.41, 5.74) is -0.357. The lowest BCUT2D eigenvalue weighted by Crippen LogP contribution is -2.04. The number of pyridine rings is 1. The normalized spacial score (nSPS) is 10.5. The fourth-order valence-corrected chi connectivity index (χ4v) is 1.25. The first kappa shape index (κ1) is 11.8. The summed E-state index contributed by atoms with van der Waals surface area (Å²) in [7, 11) is 1.25. The number of rotatable bonds is 3. The van der Waals surface area contributed by atoms with Gasteiger partial charge in [-0.25, -0.2) is 13.8 Å². The van der Waals surface area contributed by atoms with Gasteiger partial charge in [-0.1, -0.05) is 0 Å². The number of carbonyl (C=O) groups excluding carboxylic acids is 1. The smallest absolute Gasteiger partial charge is 0.274 e. The van der Waals surface area contributed by atoms with E-state index in [2.05, 4.69) is 4.98 Å². The number of ether oxygens (including phenoxy) is 1. The summed E-state index contributed by atoms with van der Waals surface area (Å²) in [6.07, 6.45) is -2.66. The van der Waals surface area contributed by atoms with Crippen LogP contribution in [0.15, 0.2) is 6.07 Å². The SMILES string of the molecule is COc1cc(C(F)F)c(C)nc1C(=O)Cl. The molecule has 0 aromatic carbocycles. The Morgan fingerprint density at radius 1 is 1.60 bits per heavy atom. The van der Waals surface area contributed by atoms with Gasteiger partial charge >= 0.3 is 0 Å². The molecule has 0 spiro atoms. The highest BCUT2D eigenvalue weighted by Crippen LogP contribution is 2.28. The lowest BCUT2D eigenvalue weighted by atomic mass is 10.2. The fraction of sp³-hybridized carbons (Fsp3) is 0.333. The highest BCUT2D eigenvalue weighted by Gasteiger charge is 2.19. The van der Waals surface area contributed by atoms with E-state index in [0.29, 0.717) is 0 Å². The van der Waals surface area contributed by atoms with Crippen molar-refractivity contribution in [2.24, 2.45) is 0 Å². The minimum Gasteiger partial charge on any atom is -0.494 e. The molecule has 0 atom stereocenters. The number of halogens is 3. The molecule has 0 unspecified atom stereocenters. The van der Waals surface area contributed by atoms with Crippen LogP contribution in [-0.2, 0) is 0 Å². The Balaban J connectivity index is 3.35. The van der Waals surface area contributed by atoms with Crippen LogP contribution in [0.25, 0.3) is 0 Å². The number of nitrogens with zero attached hydrogens (tertiary/aromatic N) is 1. The summed E-state index contributed by atoms with van der Waals surface area (Å²) in [5, 5.41) is -0.837. The molecule has 1 aromatic rings. The zero-order chi connectivity index (χ0) is 11.6. The van der Waals surface area contributed by atoms with E-state index in [1.807, 2.05) is 0 Å². The lowest BCUT2D eigenvalue weighted by Gasteiger charge is -2.09. The molecule has 0 saturated carbocycles. The first-order valence-corrected chi connectivity index (χ1v) is 4.38. The van der Waals surface area contributed by atoms with Gasteiger partial charge in [0.25, 0.3) is 11.7 Å². The third-order valence-electron chi connectivity index (χ3n) is 1.86. The van der Waals surface area contributed by atoms with Crippen molar-refractivity contribution in [2.45, 2.75) is 13.3 Å². The van der Waals surface area contributed by atoms with Crippen molar-refractivity contribution < 1.29 is 18.3 Å². The van der Waals surface area contributed by atoms with E-state index in [1.54, 1.807) is 0 Å². The van der Waals surface area contributed by atoms with Crippen molar-refractivity contribution in [3.05, 3.63) is 23.0 Å². The molecular weight excluding hydrogens is 228 g/mol. The average molecular weight is 236 g/mol. The molecule has 0 aliphatic rings. The van der Waals surface area contributed by atoms with E-state index in [4.69, 9.17) is 16.3 Å². The topological polar surface area (TPSA) is 39.2 Å². The monoisotopic (exact) mass is 235 g/mol. The Bertz CT molecular complexity index is 396. The second kappa shape index (κ2) is 4.53. The maximum absolute atomic E-state index is 12.5. The second-order valence-electron chi connectivity index (χ2n) is 2.79. The molecule has 0 amide bonds. The molecule has 0 aliphatic carbocycles. The average Bonchev–Trinajstić information content (AvgIpc) is 2.16. The first-order valence-electron chi connectivity index (χ1n) is 4.01. The standard InChI is InChI=1S/C9H8ClF2NO2/c1-4-5(9(11)12)3-6(15-2)7(13-4)8(10)14/h3,9H,1-2H3. The van der Waals surface area contributed by atoms with Gasteiger partial charge in [-0.05, 0) is 24.6 Å². The highest BCUT2D eigenvalue weighted by atomic mass is 35.5. The first-order chi connectivity index (χ1) is 6.97. The van der Waals surface area contributed by atoms with E-state index in [-0.39, 0.29) is 22.7 Å². The molecule has 82 valence electrons. The zero-order valence-corrected chi connectivity index (χ0v) is 8.81. The van der Waals surface area contributed by atoms with Gasteiger partial charge in [0, 0.05) is 11.3 Å². The van der Waals surface area contributed by atoms with Gasteiger partial charge in [0.1, 0.15) is 5.75 Å². The number of aryl methyl sites for hydroxylation is 1. The van der Waals surface area contributed by atoms with Crippen LogP contribution >= 0.6 is 11.6 Å². The van der Waals surface area contributed by atoms with E-state index in [9.17, 15) is 13.6 Å². The van der Waals surface area contributed by atoms with E-state index < -0.39 is 11.7 Å². The number of hydrogen-bond acceptors (Lipinski definition) is 3. The lowest BCUT2D eigenvalue weighted by molar-refractivity contribution is 0.107. The Kier molecular flexibility index (Phi) is 3.57. The van der Waals surface area contributed by atoms with Crippen LogP contribution in [0, 0.1) is 6.92 Å². The van der Waals surface area contributed by atoms with Gasteiger partial charge in [0.05, 0.1) is 7.11 Å². The van der Waals surface area contributed by atoms with Crippen molar-refractivity contribution in [1.82, 2.24) is 4.98 Å². The van der Waals surface area contributed by atoms with Crippen molar-refractivity contribution in [2.75, 3.05) is 7.11 Å². The van der Waals surface area contributed by atoms with Crippen LogP contribution in [-0.4, -0.2) is 17.3 Å². The van der Waals surface area contributed by atoms with Gasteiger partial charge in [-0.3, -0.25) is 4.79 Å². The van der Waals surface area contributed by atoms with Gasteiger partial charge < -0.3 is 4.74 Å². The molecule has 6 heteroatoms. The van der Waals surface area contributed by atoms with Crippen molar-refractivity contribution in [1.29, 1.82) is 0 Å². The van der Waals surface area contributed by atoms with Crippen LogP contribution in [0.1, 0.15) is 28.2 Å². The molecule has 0 saturated heterocycles. The van der Waals surface area contributed by atoms with Gasteiger partial charge in [-0.2, -0.15) is 0 Å². The molecule has 15 heavy (non-hydrogen) atoms. The Morgan fingerprint density at radius 2 is 2.20 bits per heavy atom. The number of alkyl halides is 2. The summed E-state index contributed by atoms with van der Waals surface area (Å²) < 4.78 is 29.7. The Morgan fingerprint density at radius 3 is 2.60 bits per heavy atom. The number of aromatic nitrogens is 1. The van der Waals surface area contributed by atoms with Gasteiger partial charge in [0.2, 0.25) is 0 Å². The highest BCUT2D eigenvalue weighted by molar-refractivity contribution is 6.67. The molecule has 0 radical (unpaired) electrons. The summed E-state index contributed by atoms with van der Waals surface area (Å²) in [4.78, 5) is 14.6. The molecule has 3 nitrogen and oxygen atoms in total. The van der Waals surface area contributed by atoms with Crippen molar-refractivity contribution >= 4 is 16.8 Å². The van der Waals surface area contributed by atoms with Crippen LogP contribution < -0.4 is 4.74 Å². The summed E-state index contributed by atoms with van der Waals surface area (Å²) >= 11 is 5.22. The number of hydrogen-bond donors (Lipinski definition) is 0. The van der Waals surface area contributed by atoms with Crippen LogP contribution in [0.2, 0.25) is 0 Å². The minimum atomic E-state index is -2.66. The predicted octanol–water partition coefficient (Wildman–Crippen LogP) is 2.72. The zero-order valence-electron chi connectivity index (χ0n) is 8.05. The molecule has 0 aliphatic heterocycles. The Labute approximate surface area is 90.0 Å². The molecule has 0 fully saturated rings. The van der Waals surface area contributed by atoms with E-state index in [0.717, 1.165) is 6.07 Å². The second-order valence-corrected chi connectivity index (χ2v) is 3.13. The van der Waals surface area contributed by atoms with Crippen molar-refractivity contribution in [3.8, 4) is 5.75 Å². The molecule has 1 heterocycles. The van der Waals surface area contributed by atoms with Gasteiger partial charge in [-0.15, -0.1) is 0 Å². The molecular formula is C9H8ClF2NO2. The maximum Gasteiger partial charge on any atom is 0.274 e. The van der Waals surface area contributed by atoms with Crippen LogP contribution in [0.5, 0.6) is 5.75 Å². The number of carbonyl (C=O) groups is 1. The maximum atomic E-state index is 12.5. The van der Waals surface area contributed by atoms with E-state index >= 15 is 0 Å². The molecule has 1 aromatic heterocycles. The molecule has 0 bridgehead atoms. The third kappa shape index (κ3) is 2.41. The summed E-state index contributed by atoms with van der Waals surface area (Å²) in [5.74, 6) is -0.0455. The molecule has 0 N–H and O–H groups in total. The number of methoxy groups -OCH3 is 1. The van der Waals surface area contributed by atoms with Gasteiger partial charge in [0.15, 0.2) is 5.69 Å². The largest absolute Gasteiger partial charge is 0.494 e. The van der Waals surface area contributed by atoms with Crippen molar-refractivity contribution in [3.63, 3.8) is 0 Å². The molecule has 1 rings (SSSR count). The minimum absolute atomic E-state index is 0.0455. The third-order valence-corrected chi connectivity index (χ3v) is 2.04. The quantitative estimate of drug-likeness (QED) is 0.756.